The molecule has 0 aliphatic carbocycles. The smallest absolute Gasteiger partial charge is 0.393 e. The first-order valence-corrected chi connectivity index (χ1v) is 3.63. The zero-order valence-corrected chi connectivity index (χ0v) is 6.88. The van der Waals surface area contributed by atoms with E-state index in [1.54, 1.807) is 0 Å². The van der Waals surface area contributed by atoms with E-state index < -0.39 is 18.6 Å². The zero-order valence-electron chi connectivity index (χ0n) is 6.88. The number of rotatable bonds is 2. The maximum absolute atomic E-state index is 12.0. The Morgan fingerprint density at radius 2 is 2.14 bits per heavy atom. The van der Waals surface area contributed by atoms with Crippen molar-refractivity contribution in [3.05, 3.63) is 29.6 Å². The standard InChI is InChI=1S/C8H6F3NO2/c9-8(10,11)3-5-4-12-2-1-6(5)7(13)14/h1-2,4H,3H2,(H,13,14). The number of aromatic carboxylic acids is 1. The van der Waals surface area contributed by atoms with Crippen LogP contribution in [0.25, 0.3) is 0 Å². The summed E-state index contributed by atoms with van der Waals surface area (Å²) in [5, 5.41) is 8.57. The fourth-order valence-electron chi connectivity index (χ4n) is 0.993. The predicted molar refractivity (Wildman–Crippen MR) is 41.0 cm³/mol. The van der Waals surface area contributed by atoms with E-state index in [-0.39, 0.29) is 11.1 Å². The molecule has 0 unspecified atom stereocenters. The van der Waals surface area contributed by atoms with Gasteiger partial charge < -0.3 is 5.11 Å². The van der Waals surface area contributed by atoms with Gasteiger partial charge in [0, 0.05) is 12.4 Å². The van der Waals surface area contributed by atoms with Crippen LogP contribution >= 0.6 is 0 Å². The molecule has 0 bridgehead atoms. The molecule has 1 aromatic heterocycles. The number of aromatic nitrogens is 1. The topological polar surface area (TPSA) is 50.2 Å². The molecule has 0 fully saturated rings. The molecule has 0 amide bonds. The molecule has 1 aromatic rings. The van der Waals surface area contributed by atoms with Gasteiger partial charge in [-0.15, -0.1) is 0 Å². The van der Waals surface area contributed by atoms with E-state index in [4.69, 9.17) is 5.11 Å². The van der Waals surface area contributed by atoms with Crippen molar-refractivity contribution in [3.8, 4) is 0 Å². The van der Waals surface area contributed by atoms with E-state index >= 15 is 0 Å². The minimum absolute atomic E-state index is 0.326. The van der Waals surface area contributed by atoms with E-state index in [2.05, 4.69) is 4.98 Å². The Labute approximate surface area is 77.2 Å². The van der Waals surface area contributed by atoms with Crippen LogP contribution in [0.5, 0.6) is 0 Å². The maximum atomic E-state index is 12.0. The molecule has 6 heteroatoms. The van der Waals surface area contributed by atoms with Gasteiger partial charge in [0.05, 0.1) is 12.0 Å². The number of halogens is 3. The molecule has 1 rings (SSSR count). The third kappa shape index (κ3) is 2.72. The molecule has 0 radical (unpaired) electrons. The predicted octanol–water partition coefficient (Wildman–Crippen LogP) is 1.88. The van der Waals surface area contributed by atoms with Gasteiger partial charge in [0.25, 0.3) is 0 Å². The number of hydrogen-bond acceptors (Lipinski definition) is 2. The van der Waals surface area contributed by atoms with Crippen LogP contribution in [0.3, 0.4) is 0 Å². The van der Waals surface area contributed by atoms with Crippen LogP contribution in [0.4, 0.5) is 13.2 Å². The summed E-state index contributed by atoms with van der Waals surface area (Å²) in [7, 11) is 0. The van der Waals surface area contributed by atoms with Crippen molar-refractivity contribution in [2.24, 2.45) is 0 Å². The number of carbonyl (C=O) groups is 1. The van der Waals surface area contributed by atoms with Crippen molar-refractivity contribution in [2.45, 2.75) is 12.6 Å². The number of hydrogen-bond donors (Lipinski definition) is 1. The largest absolute Gasteiger partial charge is 0.478 e. The van der Waals surface area contributed by atoms with Gasteiger partial charge in [-0.3, -0.25) is 4.98 Å². The number of pyridine rings is 1. The Balaban J connectivity index is 3.02. The van der Waals surface area contributed by atoms with Gasteiger partial charge >= 0.3 is 12.1 Å². The van der Waals surface area contributed by atoms with Crippen molar-refractivity contribution in [2.75, 3.05) is 0 Å². The second-order valence-corrected chi connectivity index (χ2v) is 2.63. The third-order valence-corrected chi connectivity index (χ3v) is 1.52. The van der Waals surface area contributed by atoms with Gasteiger partial charge in [-0.1, -0.05) is 0 Å². The van der Waals surface area contributed by atoms with Crippen LogP contribution in [-0.4, -0.2) is 22.2 Å². The van der Waals surface area contributed by atoms with Gasteiger partial charge in [0.2, 0.25) is 0 Å². The average Bonchev–Trinajstić information content (AvgIpc) is 2.01. The van der Waals surface area contributed by atoms with Gasteiger partial charge in [0.15, 0.2) is 0 Å². The second kappa shape index (κ2) is 3.65. The summed E-state index contributed by atoms with van der Waals surface area (Å²) in [5.74, 6) is -1.38. The van der Waals surface area contributed by atoms with E-state index in [1.807, 2.05) is 0 Å². The molecule has 14 heavy (non-hydrogen) atoms. The van der Waals surface area contributed by atoms with E-state index in [0.717, 1.165) is 18.5 Å². The van der Waals surface area contributed by atoms with E-state index in [9.17, 15) is 18.0 Å². The normalized spacial score (nSPS) is 11.4. The first-order valence-electron chi connectivity index (χ1n) is 3.63. The highest BCUT2D eigenvalue weighted by Crippen LogP contribution is 2.22. The molecule has 3 nitrogen and oxygen atoms in total. The van der Waals surface area contributed by atoms with Crippen molar-refractivity contribution in [1.82, 2.24) is 4.98 Å². The molecule has 0 spiro atoms. The summed E-state index contributed by atoms with van der Waals surface area (Å²) in [6.45, 7) is 0. The Kier molecular flexibility index (Phi) is 2.73. The van der Waals surface area contributed by atoms with Crippen LogP contribution in [-0.2, 0) is 6.42 Å². The Morgan fingerprint density at radius 3 is 2.64 bits per heavy atom. The number of carboxylic acid groups (broad SMARTS) is 1. The van der Waals surface area contributed by atoms with Crippen molar-refractivity contribution < 1.29 is 23.1 Å². The molecular formula is C8H6F3NO2. The van der Waals surface area contributed by atoms with Crippen LogP contribution in [0.15, 0.2) is 18.5 Å². The Hall–Kier alpha value is -1.59. The Bertz CT molecular complexity index is 349. The summed E-state index contributed by atoms with van der Waals surface area (Å²) in [4.78, 5) is 14.0. The number of carboxylic acids is 1. The molecule has 0 saturated heterocycles. The highest BCUT2D eigenvalue weighted by Gasteiger charge is 2.29. The van der Waals surface area contributed by atoms with Crippen LogP contribution in [0.1, 0.15) is 15.9 Å². The number of alkyl halides is 3. The fourth-order valence-corrected chi connectivity index (χ4v) is 0.993. The van der Waals surface area contributed by atoms with Crippen molar-refractivity contribution in [3.63, 3.8) is 0 Å². The molecule has 0 aliphatic heterocycles. The van der Waals surface area contributed by atoms with E-state index in [1.165, 1.54) is 0 Å². The lowest BCUT2D eigenvalue weighted by atomic mass is 10.1. The lowest BCUT2D eigenvalue weighted by Crippen LogP contribution is -2.15. The van der Waals surface area contributed by atoms with Crippen LogP contribution in [0.2, 0.25) is 0 Å². The van der Waals surface area contributed by atoms with Gasteiger partial charge in [-0.05, 0) is 11.6 Å². The quantitative estimate of drug-likeness (QED) is 0.801. The van der Waals surface area contributed by atoms with Gasteiger partial charge in [-0.25, -0.2) is 4.79 Å². The SMILES string of the molecule is O=C(O)c1ccncc1CC(F)(F)F. The molecular weight excluding hydrogens is 199 g/mol. The summed E-state index contributed by atoms with van der Waals surface area (Å²) in [6, 6.07) is 1.05. The Morgan fingerprint density at radius 1 is 1.50 bits per heavy atom. The van der Waals surface area contributed by atoms with Crippen LogP contribution < -0.4 is 0 Å². The fraction of sp³-hybridized carbons (Fsp3) is 0.250. The molecule has 1 N–H and O–H groups in total. The van der Waals surface area contributed by atoms with E-state index in [0.29, 0.717) is 0 Å². The molecule has 76 valence electrons. The monoisotopic (exact) mass is 205 g/mol. The molecule has 0 saturated carbocycles. The highest BCUT2D eigenvalue weighted by molar-refractivity contribution is 5.89. The zero-order chi connectivity index (χ0) is 10.8. The minimum Gasteiger partial charge on any atom is -0.478 e. The van der Waals surface area contributed by atoms with Crippen LogP contribution in [0, 0.1) is 0 Å². The lowest BCUT2D eigenvalue weighted by molar-refractivity contribution is -0.127. The highest BCUT2D eigenvalue weighted by atomic mass is 19.4. The molecule has 0 aromatic carbocycles. The summed E-state index contributed by atoms with van der Waals surface area (Å²) in [5.41, 5.74) is -0.690. The van der Waals surface area contributed by atoms with Crippen molar-refractivity contribution >= 4 is 5.97 Å². The number of nitrogens with zero attached hydrogens (tertiary/aromatic N) is 1. The van der Waals surface area contributed by atoms with Gasteiger partial charge in [-0.2, -0.15) is 13.2 Å². The van der Waals surface area contributed by atoms with Crippen molar-refractivity contribution in [1.29, 1.82) is 0 Å². The summed E-state index contributed by atoms with van der Waals surface area (Å²) >= 11 is 0. The first-order chi connectivity index (χ1) is 6.40. The maximum Gasteiger partial charge on any atom is 0.393 e. The average molecular weight is 205 g/mol. The molecule has 0 atom stereocenters. The van der Waals surface area contributed by atoms with Gasteiger partial charge in [0.1, 0.15) is 0 Å². The molecule has 0 aliphatic rings. The minimum atomic E-state index is -4.42. The second-order valence-electron chi connectivity index (χ2n) is 2.63. The lowest BCUT2D eigenvalue weighted by Gasteiger charge is -2.07. The summed E-state index contributed by atoms with van der Waals surface area (Å²) in [6.07, 6.45) is -3.64. The molecule has 1 heterocycles. The third-order valence-electron chi connectivity index (χ3n) is 1.52. The summed E-state index contributed by atoms with van der Waals surface area (Å²) < 4.78 is 35.9. The first kappa shape index (κ1) is 10.5.